The van der Waals surface area contributed by atoms with Gasteiger partial charge < -0.3 is 23.6 Å². The van der Waals surface area contributed by atoms with Crippen molar-refractivity contribution in [3.63, 3.8) is 0 Å². The van der Waals surface area contributed by atoms with Crippen LogP contribution in [0.3, 0.4) is 0 Å². The Morgan fingerprint density at radius 3 is 1.26 bits per heavy atom. The zero-order valence-corrected chi connectivity index (χ0v) is 49.7. The predicted molar refractivity (Wildman–Crippen MR) is 369 cm³/mol. The molecule has 0 atom stereocenters. The summed E-state index contributed by atoms with van der Waals surface area (Å²) in [5.41, 5.74) is 8.19. The Kier molecular flexibility index (Phi) is 17.1. The molecule has 0 aliphatic carbocycles. The van der Waals surface area contributed by atoms with Crippen molar-refractivity contribution in [3.05, 3.63) is 258 Å². The molecule has 1 fully saturated rings. The van der Waals surface area contributed by atoms with Gasteiger partial charge in [0, 0.05) is 78.0 Å². The Morgan fingerprint density at radius 2 is 0.733 bits per heavy atom. The van der Waals surface area contributed by atoms with Gasteiger partial charge in [0.15, 0.2) is 29.1 Å². The summed E-state index contributed by atoms with van der Waals surface area (Å²) in [5, 5.41) is 31.9. The third kappa shape index (κ3) is 12.0. The molecule has 0 bridgehead atoms. The van der Waals surface area contributed by atoms with Crippen molar-refractivity contribution in [2.24, 2.45) is 0 Å². The smallest absolute Gasteiger partial charge is 0.456 e. The van der Waals surface area contributed by atoms with E-state index < -0.39 is 7.12 Å². The van der Waals surface area contributed by atoms with E-state index in [2.05, 4.69) is 76.7 Å². The van der Waals surface area contributed by atoms with Crippen molar-refractivity contribution in [1.29, 1.82) is 0 Å². The Balaban J connectivity index is 0.000000130. The third-order valence-electron chi connectivity index (χ3n) is 15.7. The Bertz CT molecular complexity index is 5320. The van der Waals surface area contributed by atoms with Gasteiger partial charge in [-0.15, -0.1) is 0 Å². The van der Waals surface area contributed by atoms with Gasteiger partial charge in [0.1, 0.15) is 22.3 Å². The lowest BCUT2D eigenvalue weighted by atomic mass is 9.77. The van der Waals surface area contributed by atoms with E-state index in [1.165, 1.54) is 18.2 Å². The van der Waals surface area contributed by atoms with Crippen LogP contribution in [0.15, 0.2) is 251 Å². The molecule has 0 spiro atoms. The second kappa shape index (κ2) is 26.1. The maximum absolute atomic E-state index is 9.13. The highest BCUT2D eigenvalue weighted by atomic mass is 35.5. The summed E-state index contributed by atoms with van der Waals surface area (Å²) >= 11 is 18.9. The van der Waals surface area contributed by atoms with Crippen molar-refractivity contribution in [1.82, 2.24) is 29.9 Å². The van der Waals surface area contributed by atoms with Crippen LogP contribution >= 0.6 is 34.8 Å². The molecule has 1 aliphatic heterocycles. The molecule has 0 radical (unpaired) electrons. The maximum atomic E-state index is 9.13. The second-order valence-electron chi connectivity index (χ2n) is 21.3. The van der Waals surface area contributed by atoms with Gasteiger partial charge in [-0.3, -0.25) is 0 Å². The molecule has 17 rings (SSSR count). The highest BCUT2D eigenvalue weighted by Gasteiger charge is 2.21. The number of rotatable bonds is 6. The van der Waals surface area contributed by atoms with Crippen LogP contribution in [0, 0.1) is 0 Å². The fraction of sp³-hybridized carbons (Fsp3) is 0.0667. The number of aromatic nitrogens is 6. The van der Waals surface area contributed by atoms with E-state index in [0.717, 1.165) is 123 Å². The normalized spacial score (nSPS) is 12.0. The molecule has 0 saturated carbocycles. The molecule has 1 saturated heterocycles. The van der Waals surface area contributed by atoms with Gasteiger partial charge in [0.05, 0.1) is 0 Å². The summed E-state index contributed by atoms with van der Waals surface area (Å²) in [6.07, 6.45) is 2.56. The number of fused-ring (bicyclic) bond motifs is 10. The van der Waals surface area contributed by atoms with E-state index in [0.29, 0.717) is 44.6 Å². The second-order valence-corrected chi connectivity index (χ2v) is 22.4. The van der Waals surface area contributed by atoms with E-state index in [1.54, 1.807) is 12.1 Å². The minimum Gasteiger partial charge on any atom is -0.456 e. The first kappa shape index (κ1) is 59.1. The molecule has 90 heavy (non-hydrogen) atoms. The lowest BCUT2D eigenvalue weighted by molar-refractivity contribution is 0.198. The fourth-order valence-electron chi connectivity index (χ4n) is 11.4. The lowest BCUT2D eigenvalue weighted by Crippen LogP contribution is -2.30. The van der Waals surface area contributed by atoms with Crippen molar-refractivity contribution >= 4 is 134 Å². The first-order chi connectivity index (χ1) is 43.7. The third-order valence-corrected chi connectivity index (χ3v) is 16.5. The van der Waals surface area contributed by atoms with Gasteiger partial charge in [-0.05, 0) is 122 Å². The molecule has 15 heteroatoms. The summed E-state index contributed by atoms with van der Waals surface area (Å²) in [6.45, 7) is 2.00. The van der Waals surface area contributed by atoms with Gasteiger partial charge in [0.2, 0.25) is 5.28 Å². The maximum Gasteiger partial charge on any atom is 0.489 e. The number of halogens is 3. The van der Waals surface area contributed by atoms with Gasteiger partial charge in [0.25, 0.3) is 0 Å². The molecule has 12 aromatic carbocycles. The SMILES string of the molecule is C.C1CCOC1.Clc1ccc(-c2nc(-c3ccc4ccccc4c3)nc(-c3cccc4oc5ccccc5c34)n2)c2ccccc12.Clc1nc(-c2ccc3ccccc3c2)nc(-c2cccc3oc4ccccc4c23)n1.OB(O)c1ccc(Cl)c2ccccc12. The minimum absolute atomic E-state index is 0. The minimum atomic E-state index is -1.46. The van der Waals surface area contributed by atoms with Crippen LogP contribution in [0.4, 0.5) is 0 Å². The molecule has 11 nitrogen and oxygen atoms in total. The largest absolute Gasteiger partial charge is 0.489 e. The molecule has 5 heterocycles. The number of furan rings is 2. The van der Waals surface area contributed by atoms with E-state index in [1.807, 2.05) is 164 Å². The number of hydrogen-bond acceptors (Lipinski definition) is 11. The standard InChI is InChI=1S/C35H20ClN3O.C25H14ClN3O.C10H8BClO2.C4H8O.CH4/c36-29-19-18-26(24-10-3-4-11-25(24)29)34-37-33(23-17-16-21-8-1-2-9-22(21)20-23)38-35(39-34)28-13-7-15-31-32(28)27-12-5-6-14-30(27)40-31;26-25-28-23(17-13-12-15-6-1-2-7-16(15)14-17)27-24(29-25)19-9-5-11-21-22(19)18-8-3-4-10-20(18)30-21;12-10-6-5-9(11(13)14)7-3-1-2-4-8(7)10;1-2-4-5-3-1;/h1-20H;1-14H;1-6,13-14H;1-4H2;1H4. The first-order valence-corrected chi connectivity index (χ1v) is 30.1. The number of nitrogens with zero attached hydrogens (tertiary/aromatic N) is 6. The zero-order chi connectivity index (χ0) is 60.4. The molecular weight excluding hydrogens is 1180 g/mol. The summed E-state index contributed by atoms with van der Waals surface area (Å²) in [7, 11) is -1.46. The predicted octanol–water partition coefficient (Wildman–Crippen LogP) is 19.2. The molecule has 0 unspecified atom stereocenters. The van der Waals surface area contributed by atoms with Crippen molar-refractivity contribution in [2.45, 2.75) is 20.3 Å². The average molecular weight is 1240 g/mol. The highest BCUT2D eigenvalue weighted by molar-refractivity contribution is 6.62. The summed E-state index contributed by atoms with van der Waals surface area (Å²) in [5.74, 6) is 2.85. The Hall–Kier alpha value is -9.89. The van der Waals surface area contributed by atoms with Crippen LogP contribution in [-0.4, -0.2) is 60.3 Å². The van der Waals surface area contributed by atoms with Gasteiger partial charge >= 0.3 is 7.12 Å². The molecule has 438 valence electrons. The van der Waals surface area contributed by atoms with Gasteiger partial charge in [-0.25, -0.2) is 19.9 Å². The number of hydrogen-bond donors (Lipinski definition) is 2. The van der Waals surface area contributed by atoms with Crippen molar-refractivity contribution < 1.29 is 23.6 Å². The molecular formula is C75H54BCl3N6O5. The van der Waals surface area contributed by atoms with Crippen molar-refractivity contribution in [2.75, 3.05) is 13.2 Å². The fourth-order valence-corrected chi connectivity index (χ4v) is 12.0. The molecule has 2 N–H and O–H groups in total. The highest BCUT2D eigenvalue weighted by Crippen LogP contribution is 2.40. The Morgan fingerprint density at radius 1 is 0.333 bits per heavy atom. The van der Waals surface area contributed by atoms with Crippen LogP contribution in [0.1, 0.15) is 20.3 Å². The van der Waals surface area contributed by atoms with Gasteiger partial charge in [-0.1, -0.05) is 219 Å². The topological polar surface area (TPSA) is 153 Å². The number of benzene rings is 12. The van der Waals surface area contributed by atoms with Gasteiger partial charge in [-0.2, -0.15) is 9.97 Å². The molecule has 4 aromatic heterocycles. The van der Waals surface area contributed by atoms with E-state index in [9.17, 15) is 0 Å². The lowest BCUT2D eigenvalue weighted by Gasteiger charge is -2.12. The van der Waals surface area contributed by atoms with Crippen LogP contribution in [0.25, 0.3) is 144 Å². The summed E-state index contributed by atoms with van der Waals surface area (Å²) in [4.78, 5) is 28.7. The summed E-state index contributed by atoms with van der Waals surface area (Å²) in [6, 6.07) is 79.4. The quantitative estimate of drug-likeness (QED) is 0.153. The first-order valence-electron chi connectivity index (χ1n) is 28.9. The summed E-state index contributed by atoms with van der Waals surface area (Å²) < 4.78 is 17.1. The average Bonchev–Trinajstić information content (AvgIpc) is 1.99. The Labute approximate surface area is 533 Å². The molecule has 16 aromatic rings. The monoisotopic (exact) mass is 1230 g/mol. The number of para-hydroxylation sites is 2. The van der Waals surface area contributed by atoms with Crippen LogP contribution < -0.4 is 5.46 Å². The molecule has 1 aliphatic rings. The van der Waals surface area contributed by atoms with Crippen molar-refractivity contribution in [3.8, 4) is 56.9 Å². The van der Waals surface area contributed by atoms with E-state index in [4.69, 9.17) is 78.4 Å². The van der Waals surface area contributed by atoms with Crippen LogP contribution in [-0.2, 0) is 4.74 Å². The van der Waals surface area contributed by atoms with E-state index >= 15 is 0 Å². The van der Waals surface area contributed by atoms with Crippen LogP contribution in [0.2, 0.25) is 15.3 Å². The molecule has 0 amide bonds. The number of ether oxygens (including phenoxy) is 1. The van der Waals surface area contributed by atoms with Crippen LogP contribution in [0.5, 0.6) is 0 Å². The zero-order valence-electron chi connectivity index (χ0n) is 47.4. The van der Waals surface area contributed by atoms with E-state index in [-0.39, 0.29) is 12.7 Å².